The second-order valence-corrected chi connectivity index (χ2v) is 4.76. The van der Waals surface area contributed by atoms with Crippen LogP contribution in [0.4, 0.5) is 0 Å². The number of H-pyrrole nitrogens is 1. The molecule has 4 heteroatoms. The highest BCUT2D eigenvalue weighted by Crippen LogP contribution is 2.11. The molecule has 3 nitrogen and oxygen atoms in total. The van der Waals surface area contributed by atoms with Gasteiger partial charge in [0.25, 0.3) is 5.56 Å². The minimum Gasteiger partial charge on any atom is -0.310 e. The number of rotatable bonds is 3. The largest absolute Gasteiger partial charge is 0.310 e. The number of hydrogen-bond donors (Lipinski definition) is 1. The molecule has 0 aliphatic rings. The smallest absolute Gasteiger partial charge is 0.251 e. The summed E-state index contributed by atoms with van der Waals surface area (Å²) in [5, 5.41) is 0. The van der Waals surface area contributed by atoms with E-state index in [2.05, 4.69) is 42.0 Å². The van der Waals surface area contributed by atoms with Crippen molar-refractivity contribution in [3.8, 4) is 0 Å². The molecule has 0 radical (unpaired) electrons. The van der Waals surface area contributed by atoms with Crippen LogP contribution in [0.1, 0.15) is 28.2 Å². The van der Waals surface area contributed by atoms with Crippen LogP contribution in [-0.2, 0) is 12.3 Å². The van der Waals surface area contributed by atoms with Gasteiger partial charge in [-0.05, 0) is 19.4 Å². The van der Waals surface area contributed by atoms with Gasteiger partial charge in [0.05, 0.1) is 11.6 Å². The van der Waals surface area contributed by atoms with Crippen LogP contribution in [0.3, 0.4) is 0 Å². The summed E-state index contributed by atoms with van der Waals surface area (Å²) in [6.45, 7) is 4.11. The van der Waals surface area contributed by atoms with E-state index < -0.39 is 0 Å². The van der Waals surface area contributed by atoms with Crippen molar-refractivity contribution in [2.24, 2.45) is 0 Å². The van der Waals surface area contributed by atoms with E-state index in [0.717, 1.165) is 5.56 Å². The molecule has 0 fully saturated rings. The molecule has 1 aromatic heterocycles. The average Bonchev–Trinajstić information content (AvgIpc) is 2.26. The van der Waals surface area contributed by atoms with Crippen LogP contribution in [-0.4, -0.2) is 9.97 Å². The molecule has 18 heavy (non-hydrogen) atoms. The molecule has 0 spiro atoms. The maximum atomic E-state index is 11.4. The van der Waals surface area contributed by atoms with Crippen molar-refractivity contribution in [1.82, 2.24) is 9.97 Å². The summed E-state index contributed by atoms with van der Waals surface area (Å²) in [5.41, 5.74) is 4.02. The van der Waals surface area contributed by atoms with Gasteiger partial charge in [-0.25, -0.2) is 4.98 Å². The monoisotopic (exact) mass is 262 g/mol. The molecule has 0 saturated heterocycles. The van der Waals surface area contributed by atoms with E-state index in [-0.39, 0.29) is 11.4 Å². The predicted molar refractivity (Wildman–Crippen MR) is 73.1 cm³/mol. The number of halogens is 1. The van der Waals surface area contributed by atoms with Crippen molar-refractivity contribution in [2.45, 2.75) is 26.1 Å². The number of hydrogen-bond acceptors (Lipinski definition) is 2. The number of benzene rings is 1. The van der Waals surface area contributed by atoms with Gasteiger partial charge in [-0.2, -0.15) is 0 Å². The van der Waals surface area contributed by atoms with Crippen molar-refractivity contribution in [2.75, 3.05) is 0 Å². The van der Waals surface area contributed by atoms with Gasteiger partial charge in [-0.3, -0.25) is 4.79 Å². The SMILES string of the molecule is Cc1cc(C)cc(Cc2nc(CCl)cc(=O)[nH]2)c1. The van der Waals surface area contributed by atoms with Crippen LogP contribution >= 0.6 is 11.6 Å². The zero-order valence-corrected chi connectivity index (χ0v) is 11.2. The Labute approximate surface area is 111 Å². The number of aromatic amines is 1. The highest BCUT2D eigenvalue weighted by atomic mass is 35.5. The maximum Gasteiger partial charge on any atom is 0.251 e. The van der Waals surface area contributed by atoms with Crippen LogP contribution in [0.2, 0.25) is 0 Å². The van der Waals surface area contributed by atoms with Gasteiger partial charge in [0.15, 0.2) is 0 Å². The fraction of sp³-hybridized carbons (Fsp3) is 0.286. The summed E-state index contributed by atoms with van der Waals surface area (Å²) < 4.78 is 0. The third-order valence-electron chi connectivity index (χ3n) is 2.63. The van der Waals surface area contributed by atoms with Crippen molar-refractivity contribution >= 4 is 11.6 Å². The molecule has 0 amide bonds. The quantitative estimate of drug-likeness (QED) is 0.865. The molecule has 0 bridgehead atoms. The van der Waals surface area contributed by atoms with Crippen molar-refractivity contribution in [1.29, 1.82) is 0 Å². The fourth-order valence-electron chi connectivity index (χ4n) is 2.08. The first-order chi connectivity index (χ1) is 8.56. The van der Waals surface area contributed by atoms with Gasteiger partial charge in [0.1, 0.15) is 5.82 Å². The second kappa shape index (κ2) is 5.36. The van der Waals surface area contributed by atoms with Gasteiger partial charge in [-0.1, -0.05) is 29.3 Å². The predicted octanol–water partition coefficient (Wildman–Crippen LogP) is 2.72. The molecule has 94 valence electrons. The fourth-order valence-corrected chi connectivity index (χ4v) is 2.22. The minimum absolute atomic E-state index is 0.153. The Morgan fingerprint density at radius 3 is 2.44 bits per heavy atom. The number of alkyl halides is 1. The van der Waals surface area contributed by atoms with Gasteiger partial charge in [0, 0.05) is 12.5 Å². The summed E-state index contributed by atoms with van der Waals surface area (Å²) >= 11 is 5.71. The first-order valence-corrected chi connectivity index (χ1v) is 6.32. The zero-order valence-electron chi connectivity index (χ0n) is 10.5. The van der Waals surface area contributed by atoms with Crippen molar-refractivity contribution in [3.63, 3.8) is 0 Å². The van der Waals surface area contributed by atoms with E-state index >= 15 is 0 Å². The zero-order chi connectivity index (χ0) is 13.1. The standard InChI is InChI=1S/C14H15ClN2O/c1-9-3-10(2)5-11(4-9)6-13-16-12(8-15)7-14(18)17-13/h3-5,7H,6,8H2,1-2H3,(H,16,17,18). The molecule has 0 aliphatic heterocycles. The molecule has 2 aromatic rings. The summed E-state index contributed by atoms with van der Waals surface area (Å²) in [4.78, 5) is 18.5. The highest BCUT2D eigenvalue weighted by molar-refractivity contribution is 6.16. The Bertz CT molecular complexity index is 599. The van der Waals surface area contributed by atoms with Crippen molar-refractivity contribution in [3.05, 3.63) is 62.8 Å². The summed E-state index contributed by atoms with van der Waals surface area (Å²) in [6.07, 6.45) is 0.614. The highest BCUT2D eigenvalue weighted by Gasteiger charge is 2.03. The number of nitrogens with one attached hydrogen (secondary N) is 1. The van der Waals surface area contributed by atoms with Gasteiger partial charge in [0.2, 0.25) is 0 Å². The Morgan fingerprint density at radius 2 is 1.83 bits per heavy atom. The number of nitrogens with zero attached hydrogens (tertiary/aromatic N) is 1. The van der Waals surface area contributed by atoms with E-state index in [1.54, 1.807) is 0 Å². The molecule has 0 unspecified atom stereocenters. The summed E-state index contributed by atoms with van der Waals surface area (Å²) in [6, 6.07) is 7.74. The van der Waals surface area contributed by atoms with Crippen LogP contribution in [0, 0.1) is 13.8 Å². The molecule has 0 aliphatic carbocycles. The van der Waals surface area contributed by atoms with Gasteiger partial charge >= 0.3 is 0 Å². The van der Waals surface area contributed by atoms with Crippen LogP contribution < -0.4 is 5.56 Å². The van der Waals surface area contributed by atoms with Crippen LogP contribution in [0.15, 0.2) is 29.1 Å². The van der Waals surface area contributed by atoms with Crippen molar-refractivity contribution < 1.29 is 0 Å². The van der Waals surface area contributed by atoms with E-state index in [9.17, 15) is 4.79 Å². The summed E-state index contributed by atoms with van der Waals surface area (Å²) in [5.74, 6) is 0.909. The molecule has 1 aromatic carbocycles. The molecular formula is C14H15ClN2O. The molecular weight excluding hydrogens is 248 g/mol. The second-order valence-electron chi connectivity index (χ2n) is 4.49. The lowest BCUT2D eigenvalue weighted by atomic mass is 10.0. The number of aryl methyl sites for hydroxylation is 2. The van der Waals surface area contributed by atoms with E-state index in [4.69, 9.17) is 11.6 Å². The lowest BCUT2D eigenvalue weighted by molar-refractivity contribution is 0.913. The first-order valence-electron chi connectivity index (χ1n) is 5.79. The first kappa shape index (κ1) is 12.8. The van der Waals surface area contributed by atoms with E-state index in [1.807, 2.05) is 0 Å². The number of aromatic nitrogens is 2. The Kier molecular flexibility index (Phi) is 3.82. The lowest BCUT2D eigenvalue weighted by Crippen LogP contribution is -2.12. The third-order valence-corrected chi connectivity index (χ3v) is 2.91. The van der Waals surface area contributed by atoms with Gasteiger partial charge in [-0.15, -0.1) is 11.6 Å². The Morgan fingerprint density at radius 1 is 1.17 bits per heavy atom. The van der Waals surface area contributed by atoms with E-state index in [0.29, 0.717) is 17.9 Å². The summed E-state index contributed by atoms with van der Waals surface area (Å²) in [7, 11) is 0. The molecule has 1 N–H and O–H groups in total. The molecule has 1 heterocycles. The molecule has 2 rings (SSSR count). The molecule has 0 saturated carbocycles. The van der Waals surface area contributed by atoms with Gasteiger partial charge < -0.3 is 4.98 Å². The lowest BCUT2D eigenvalue weighted by Gasteiger charge is -2.05. The normalized spacial score (nSPS) is 10.6. The minimum atomic E-state index is -0.153. The Balaban J connectivity index is 2.33. The topological polar surface area (TPSA) is 45.8 Å². The average molecular weight is 263 g/mol. The van der Waals surface area contributed by atoms with Crippen LogP contribution in [0.25, 0.3) is 0 Å². The van der Waals surface area contributed by atoms with Crippen LogP contribution in [0.5, 0.6) is 0 Å². The van der Waals surface area contributed by atoms with E-state index in [1.165, 1.54) is 17.2 Å². The third kappa shape index (κ3) is 3.20. The molecule has 0 atom stereocenters. The Hall–Kier alpha value is -1.61. The maximum absolute atomic E-state index is 11.4.